The molecule has 0 bridgehead atoms. The zero-order chi connectivity index (χ0) is 14.5. The van der Waals surface area contributed by atoms with Crippen LogP contribution in [0.5, 0.6) is 5.75 Å². The molecule has 1 aromatic carbocycles. The predicted octanol–water partition coefficient (Wildman–Crippen LogP) is 2.14. The quantitative estimate of drug-likeness (QED) is 0.848. The van der Waals surface area contributed by atoms with Crippen molar-refractivity contribution in [2.45, 2.75) is 19.4 Å². The number of methoxy groups -OCH3 is 1. The summed E-state index contributed by atoms with van der Waals surface area (Å²) in [6.07, 6.45) is 2.78. The minimum atomic E-state index is -0.199. The number of nitrogens with one attached hydrogen (secondary N) is 1. The van der Waals surface area contributed by atoms with E-state index in [-0.39, 0.29) is 12.6 Å². The number of ether oxygens (including phenoxy) is 1. The standard InChI is InChI=1S/C15H21N3O2/c1-4-12-11(9-18(2)17-12)14(10-19)16-13-7-5-6-8-15(13)20-3/h5-9,14,16,19H,4,10H2,1-3H3. The van der Waals surface area contributed by atoms with E-state index in [2.05, 4.69) is 17.3 Å². The molecular weight excluding hydrogens is 254 g/mol. The van der Waals surface area contributed by atoms with Crippen molar-refractivity contribution >= 4 is 5.69 Å². The number of aliphatic hydroxyl groups excluding tert-OH is 1. The molecule has 5 nitrogen and oxygen atoms in total. The van der Waals surface area contributed by atoms with Crippen molar-refractivity contribution in [2.24, 2.45) is 7.05 Å². The van der Waals surface area contributed by atoms with Gasteiger partial charge in [0.15, 0.2) is 0 Å². The van der Waals surface area contributed by atoms with Gasteiger partial charge in [-0.3, -0.25) is 4.68 Å². The van der Waals surface area contributed by atoms with Crippen LogP contribution in [0.4, 0.5) is 5.69 Å². The Labute approximate surface area is 119 Å². The molecule has 2 N–H and O–H groups in total. The van der Waals surface area contributed by atoms with Crippen molar-refractivity contribution in [1.29, 1.82) is 0 Å². The molecule has 0 spiro atoms. The number of anilines is 1. The molecule has 1 unspecified atom stereocenters. The molecule has 2 rings (SSSR count). The van der Waals surface area contributed by atoms with Crippen molar-refractivity contribution in [2.75, 3.05) is 19.0 Å². The molecule has 0 aliphatic heterocycles. The van der Waals surface area contributed by atoms with E-state index in [1.807, 2.05) is 37.5 Å². The Morgan fingerprint density at radius 1 is 1.40 bits per heavy atom. The fraction of sp³-hybridized carbons (Fsp3) is 0.400. The molecule has 2 aromatic rings. The highest BCUT2D eigenvalue weighted by Gasteiger charge is 2.18. The van der Waals surface area contributed by atoms with Gasteiger partial charge in [0, 0.05) is 18.8 Å². The van der Waals surface area contributed by atoms with Crippen molar-refractivity contribution in [3.05, 3.63) is 41.7 Å². The number of rotatable bonds is 6. The summed E-state index contributed by atoms with van der Waals surface area (Å²) in [5, 5.41) is 17.4. The van der Waals surface area contributed by atoms with Gasteiger partial charge in [0.25, 0.3) is 0 Å². The van der Waals surface area contributed by atoms with Gasteiger partial charge in [0.1, 0.15) is 5.75 Å². The molecule has 0 saturated heterocycles. The van der Waals surface area contributed by atoms with Gasteiger partial charge in [-0.15, -0.1) is 0 Å². The Morgan fingerprint density at radius 2 is 2.15 bits per heavy atom. The summed E-state index contributed by atoms with van der Waals surface area (Å²) in [7, 11) is 3.52. The highest BCUT2D eigenvalue weighted by Crippen LogP contribution is 2.28. The van der Waals surface area contributed by atoms with Gasteiger partial charge >= 0.3 is 0 Å². The van der Waals surface area contributed by atoms with Crippen LogP contribution in [0.3, 0.4) is 0 Å². The van der Waals surface area contributed by atoms with Crippen molar-refractivity contribution < 1.29 is 9.84 Å². The lowest BCUT2D eigenvalue weighted by atomic mass is 10.1. The van der Waals surface area contributed by atoms with Gasteiger partial charge < -0.3 is 15.2 Å². The third-order valence-corrected chi connectivity index (χ3v) is 3.27. The second kappa shape index (κ2) is 6.43. The van der Waals surface area contributed by atoms with Gasteiger partial charge in [-0.1, -0.05) is 19.1 Å². The van der Waals surface area contributed by atoms with Crippen molar-refractivity contribution in [3.8, 4) is 5.75 Å². The highest BCUT2D eigenvalue weighted by molar-refractivity contribution is 5.57. The average molecular weight is 275 g/mol. The van der Waals surface area contributed by atoms with Crippen LogP contribution in [0.2, 0.25) is 0 Å². The molecule has 0 aliphatic carbocycles. The van der Waals surface area contributed by atoms with Gasteiger partial charge in [0.2, 0.25) is 0 Å². The van der Waals surface area contributed by atoms with Crippen LogP contribution in [0.15, 0.2) is 30.5 Å². The Balaban J connectivity index is 2.28. The summed E-state index contributed by atoms with van der Waals surface area (Å²) in [5.41, 5.74) is 2.87. The average Bonchev–Trinajstić information content (AvgIpc) is 2.86. The molecule has 1 heterocycles. The molecule has 0 radical (unpaired) electrons. The predicted molar refractivity (Wildman–Crippen MR) is 79.0 cm³/mol. The number of nitrogens with zero attached hydrogens (tertiary/aromatic N) is 2. The van der Waals surface area contributed by atoms with E-state index in [1.54, 1.807) is 11.8 Å². The van der Waals surface area contributed by atoms with Crippen LogP contribution < -0.4 is 10.1 Å². The third kappa shape index (κ3) is 2.93. The fourth-order valence-electron chi connectivity index (χ4n) is 2.29. The van der Waals surface area contributed by atoms with Gasteiger partial charge in [-0.25, -0.2) is 0 Å². The maximum Gasteiger partial charge on any atom is 0.141 e. The summed E-state index contributed by atoms with van der Waals surface area (Å²) >= 11 is 0. The lowest BCUT2D eigenvalue weighted by Crippen LogP contribution is -2.16. The zero-order valence-corrected chi connectivity index (χ0v) is 12.1. The lowest BCUT2D eigenvalue weighted by molar-refractivity contribution is 0.275. The normalized spacial score (nSPS) is 12.2. The van der Waals surface area contributed by atoms with E-state index in [9.17, 15) is 5.11 Å². The van der Waals surface area contributed by atoms with E-state index in [1.165, 1.54) is 0 Å². The monoisotopic (exact) mass is 275 g/mol. The number of hydrogen-bond acceptors (Lipinski definition) is 4. The molecule has 108 valence electrons. The molecule has 0 amide bonds. The van der Waals surface area contributed by atoms with Crippen LogP contribution in [0, 0.1) is 0 Å². The van der Waals surface area contributed by atoms with E-state index in [0.717, 1.165) is 29.1 Å². The van der Waals surface area contributed by atoms with Crippen molar-refractivity contribution in [1.82, 2.24) is 9.78 Å². The van der Waals surface area contributed by atoms with Crippen LogP contribution in [0.1, 0.15) is 24.2 Å². The second-order valence-corrected chi connectivity index (χ2v) is 4.64. The van der Waals surface area contributed by atoms with Crippen LogP contribution in [-0.2, 0) is 13.5 Å². The number of hydrogen-bond donors (Lipinski definition) is 2. The summed E-state index contributed by atoms with van der Waals surface area (Å²) in [6.45, 7) is 2.06. The van der Waals surface area contributed by atoms with Crippen LogP contribution >= 0.6 is 0 Å². The first-order valence-electron chi connectivity index (χ1n) is 6.72. The fourth-order valence-corrected chi connectivity index (χ4v) is 2.29. The van der Waals surface area contributed by atoms with Crippen LogP contribution in [-0.4, -0.2) is 28.6 Å². The molecule has 0 saturated carbocycles. The number of benzene rings is 1. The minimum Gasteiger partial charge on any atom is -0.495 e. The Bertz CT molecular complexity index is 566. The van der Waals surface area contributed by atoms with Gasteiger partial charge in [-0.05, 0) is 18.6 Å². The SMILES string of the molecule is CCc1nn(C)cc1C(CO)Nc1ccccc1OC. The molecule has 5 heteroatoms. The summed E-state index contributed by atoms with van der Waals surface area (Å²) in [6, 6.07) is 7.47. The van der Waals surface area contributed by atoms with Crippen LogP contribution in [0.25, 0.3) is 0 Å². The van der Waals surface area contributed by atoms with Gasteiger partial charge in [-0.2, -0.15) is 5.10 Å². The summed E-state index contributed by atoms with van der Waals surface area (Å²) in [4.78, 5) is 0. The number of aliphatic hydroxyl groups is 1. The van der Waals surface area contributed by atoms with Gasteiger partial charge in [0.05, 0.1) is 31.1 Å². The number of aromatic nitrogens is 2. The number of aryl methyl sites for hydroxylation is 2. The molecule has 0 fully saturated rings. The minimum absolute atomic E-state index is 0.00323. The Kier molecular flexibility index (Phi) is 4.63. The topological polar surface area (TPSA) is 59.3 Å². The molecule has 20 heavy (non-hydrogen) atoms. The molecule has 0 aliphatic rings. The molecule has 1 atom stereocenters. The van der Waals surface area contributed by atoms with E-state index in [0.29, 0.717) is 0 Å². The van der Waals surface area contributed by atoms with E-state index in [4.69, 9.17) is 4.74 Å². The Morgan fingerprint density at radius 3 is 2.80 bits per heavy atom. The maximum absolute atomic E-state index is 9.69. The molecule has 1 aromatic heterocycles. The first-order chi connectivity index (χ1) is 9.69. The first-order valence-corrected chi connectivity index (χ1v) is 6.72. The highest BCUT2D eigenvalue weighted by atomic mass is 16.5. The summed E-state index contributed by atoms with van der Waals surface area (Å²) in [5.74, 6) is 0.757. The third-order valence-electron chi connectivity index (χ3n) is 3.27. The second-order valence-electron chi connectivity index (χ2n) is 4.64. The smallest absolute Gasteiger partial charge is 0.141 e. The lowest BCUT2D eigenvalue weighted by Gasteiger charge is -2.19. The summed E-state index contributed by atoms with van der Waals surface area (Å²) < 4.78 is 7.10. The van der Waals surface area contributed by atoms with Crippen molar-refractivity contribution in [3.63, 3.8) is 0 Å². The Hall–Kier alpha value is -2.01. The van der Waals surface area contributed by atoms with E-state index < -0.39 is 0 Å². The number of para-hydroxylation sites is 2. The first kappa shape index (κ1) is 14.4. The molecular formula is C15H21N3O2. The largest absolute Gasteiger partial charge is 0.495 e. The zero-order valence-electron chi connectivity index (χ0n) is 12.1. The maximum atomic E-state index is 9.69. The van der Waals surface area contributed by atoms with E-state index >= 15 is 0 Å².